The maximum atomic E-state index is 12.3. The van der Waals surface area contributed by atoms with Gasteiger partial charge in [0.15, 0.2) is 0 Å². The molecular weight excluding hydrogens is 508 g/mol. The topological polar surface area (TPSA) is 120 Å². The van der Waals surface area contributed by atoms with Crippen molar-refractivity contribution in [2.24, 2.45) is 5.92 Å². The standard InChI is InChI=1S/C30H35N4O4Si/c1-30(38,39)29-33-14-16-34(29)27(20-36)11-4-21-2-5-22(6-3-21)23-7-9-24(10-8-23)25-18-26(19-25)28(37)32-13-12-31-15-17-35/h2-3,5-10,14,16,25-27,31,35-36,38H,12-13,15,17-20H2,1H3,(H,32,37)/t25?,26?,27-,30?/m0/s1. The van der Waals surface area contributed by atoms with Crippen molar-refractivity contribution in [1.29, 1.82) is 0 Å². The van der Waals surface area contributed by atoms with Gasteiger partial charge in [-0.1, -0.05) is 48.2 Å². The van der Waals surface area contributed by atoms with Crippen LogP contribution in [0.3, 0.4) is 0 Å². The maximum absolute atomic E-state index is 12.3. The van der Waals surface area contributed by atoms with Crippen molar-refractivity contribution in [2.45, 2.75) is 36.9 Å². The SMILES string of the molecule is CC(O)([Si])c1nccn1[C@@H](C#Cc1ccc(-c2ccc(C3CC(C(=O)NCCNCCO)C3)cc2)cc1)CO. The number of nitrogens with one attached hydrogen (secondary N) is 2. The van der Waals surface area contributed by atoms with Crippen LogP contribution in [-0.4, -0.2) is 73.9 Å². The summed E-state index contributed by atoms with van der Waals surface area (Å²) in [5.41, 5.74) is 4.27. The molecule has 1 saturated carbocycles. The van der Waals surface area contributed by atoms with E-state index in [0.717, 1.165) is 29.5 Å². The number of amides is 1. The van der Waals surface area contributed by atoms with Crippen LogP contribution in [0, 0.1) is 17.8 Å². The first-order chi connectivity index (χ1) is 18.8. The van der Waals surface area contributed by atoms with Gasteiger partial charge in [0, 0.05) is 43.5 Å². The number of nitrogens with zero attached hydrogens (tertiary/aromatic N) is 2. The molecule has 39 heavy (non-hydrogen) atoms. The molecule has 5 N–H and O–H groups in total. The van der Waals surface area contributed by atoms with E-state index in [1.165, 1.54) is 5.56 Å². The highest BCUT2D eigenvalue weighted by Gasteiger charge is 2.35. The highest BCUT2D eigenvalue weighted by Crippen LogP contribution is 2.42. The second-order valence-corrected chi connectivity index (χ2v) is 11.0. The van der Waals surface area contributed by atoms with Gasteiger partial charge in [-0.05, 0) is 54.5 Å². The molecule has 3 aromatic rings. The van der Waals surface area contributed by atoms with Gasteiger partial charge in [-0.2, -0.15) is 0 Å². The summed E-state index contributed by atoms with van der Waals surface area (Å²) in [6, 6.07) is 15.9. The van der Waals surface area contributed by atoms with Crippen LogP contribution in [0.15, 0.2) is 60.9 Å². The van der Waals surface area contributed by atoms with Crippen molar-refractivity contribution in [1.82, 2.24) is 20.2 Å². The second kappa shape index (κ2) is 13.2. The molecule has 0 saturated heterocycles. The molecule has 0 bridgehead atoms. The molecule has 0 spiro atoms. The molecule has 2 aromatic carbocycles. The third kappa shape index (κ3) is 7.44. The molecule has 2 atom stereocenters. The summed E-state index contributed by atoms with van der Waals surface area (Å²) in [5.74, 6) is 7.14. The largest absolute Gasteiger partial charge is 0.395 e. The zero-order valence-electron chi connectivity index (χ0n) is 22.1. The van der Waals surface area contributed by atoms with Crippen LogP contribution in [0.5, 0.6) is 0 Å². The molecule has 1 aromatic heterocycles. The highest BCUT2D eigenvalue weighted by molar-refractivity contribution is 6.13. The number of hydrogen-bond donors (Lipinski definition) is 5. The molecule has 1 unspecified atom stereocenters. The predicted octanol–water partition coefficient (Wildman–Crippen LogP) is 1.66. The number of imidazole rings is 1. The molecule has 4 rings (SSSR count). The Balaban J connectivity index is 1.31. The van der Waals surface area contributed by atoms with Crippen LogP contribution >= 0.6 is 0 Å². The van der Waals surface area contributed by atoms with Gasteiger partial charge in [-0.3, -0.25) is 4.79 Å². The fourth-order valence-electron chi connectivity index (χ4n) is 4.73. The summed E-state index contributed by atoms with van der Waals surface area (Å²) in [7, 11) is 3.26. The lowest BCUT2D eigenvalue weighted by Crippen LogP contribution is -2.40. The number of carbonyl (C=O) groups excluding carboxylic acids is 1. The number of aliphatic hydroxyl groups is 3. The van der Waals surface area contributed by atoms with Crippen LogP contribution in [-0.2, 0) is 10.0 Å². The van der Waals surface area contributed by atoms with E-state index in [1.807, 2.05) is 24.3 Å². The Morgan fingerprint density at radius 1 is 1.10 bits per heavy atom. The van der Waals surface area contributed by atoms with Crippen molar-refractivity contribution in [3.8, 4) is 23.0 Å². The fraction of sp³-hybridized carbons (Fsp3) is 0.400. The van der Waals surface area contributed by atoms with Crippen molar-refractivity contribution < 1.29 is 20.1 Å². The number of hydrogen-bond acceptors (Lipinski definition) is 6. The van der Waals surface area contributed by atoms with Crippen LogP contribution in [0.25, 0.3) is 11.1 Å². The van der Waals surface area contributed by atoms with Gasteiger partial charge >= 0.3 is 0 Å². The molecule has 3 radical (unpaired) electrons. The quantitative estimate of drug-likeness (QED) is 0.143. The first kappa shape index (κ1) is 28.7. The summed E-state index contributed by atoms with van der Waals surface area (Å²) in [5, 5.41) is 33.6. The molecule has 1 heterocycles. The van der Waals surface area contributed by atoms with Gasteiger partial charge in [0.25, 0.3) is 0 Å². The normalized spacial score (nSPS) is 18.8. The first-order valence-electron chi connectivity index (χ1n) is 13.2. The Hall–Kier alpha value is -3.26. The van der Waals surface area contributed by atoms with E-state index in [-0.39, 0.29) is 25.0 Å². The summed E-state index contributed by atoms with van der Waals surface area (Å²) in [6.07, 6.45) is 4.98. The predicted molar refractivity (Wildman–Crippen MR) is 151 cm³/mol. The monoisotopic (exact) mass is 543 g/mol. The minimum Gasteiger partial charge on any atom is -0.395 e. The van der Waals surface area contributed by atoms with E-state index < -0.39 is 11.3 Å². The maximum Gasteiger partial charge on any atom is 0.223 e. The van der Waals surface area contributed by atoms with Gasteiger partial charge in [0.2, 0.25) is 5.91 Å². The Kier molecular flexibility index (Phi) is 9.72. The molecule has 1 fully saturated rings. The van der Waals surface area contributed by atoms with E-state index in [9.17, 15) is 15.0 Å². The van der Waals surface area contributed by atoms with Crippen molar-refractivity contribution in [3.63, 3.8) is 0 Å². The van der Waals surface area contributed by atoms with Crippen LogP contribution in [0.1, 0.15) is 48.7 Å². The van der Waals surface area contributed by atoms with Crippen molar-refractivity contribution >= 4 is 16.1 Å². The minimum atomic E-state index is -1.33. The van der Waals surface area contributed by atoms with Gasteiger partial charge in [-0.25, -0.2) is 4.98 Å². The zero-order valence-corrected chi connectivity index (χ0v) is 23.1. The Labute approximate surface area is 232 Å². The average molecular weight is 544 g/mol. The van der Waals surface area contributed by atoms with Crippen LogP contribution in [0.2, 0.25) is 0 Å². The minimum absolute atomic E-state index is 0.0690. The summed E-state index contributed by atoms with van der Waals surface area (Å²) in [4.78, 5) is 16.5. The third-order valence-electron chi connectivity index (χ3n) is 6.99. The summed E-state index contributed by atoms with van der Waals surface area (Å²) < 4.78 is 1.66. The third-order valence-corrected chi connectivity index (χ3v) is 7.22. The lowest BCUT2D eigenvalue weighted by Gasteiger charge is -2.34. The molecule has 1 amide bonds. The van der Waals surface area contributed by atoms with E-state index in [4.69, 9.17) is 5.11 Å². The molecular formula is C30H35N4O4Si. The van der Waals surface area contributed by atoms with E-state index in [1.54, 1.807) is 23.9 Å². The molecule has 8 nitrogen and oxygen atoms in total. The Morgan fingerprint density at radius 3 is 2.38 bits per heavy atom. The van der Waals surface area contributed by atoms with E-state index in [0.29, 0.717) is 31.4 Å². The van der Waals surface area contributed by atoms with Gasteiger partial charge in [0.1, 0.15) is 17.1 Å². The van der Waals surface area contributed by atoms with E-state index in [2.05, 4.69) is 62.0 Å². The lowest BCUT2D eigenvalue weighted by molar-refractivity contribution is -0.127. The number of benzene rings is 2. The number of rotatable bonds is 11. The molecule has 9 heteroatoms. The number of aromatic nitrogens is 2. The van der Waals surface area contributed by atoms with Gasteiger partial charge < -0.3 is 30.5 Å². The first-order valence-corrected chi connectivity index (χ1v) is 13.7. The fourth-order valence-corrected chi connectivity index (χ4v) is 4.93. The number of carbonyl (C=O) groups is 1. The highest BCUT2D eigenvalue weighted by atomic mass is 28.1. The second-order valence-electron chi connectivity index (χ2n) is 10.0. The Morgan fingerprint density at radius 2 is 1.77 bits per heavy atom. The van der Waals surface area contributed by atoms with E-state index >= 15 is 0 Å². The lowest BCUT2D eigenvalue weighted by atomic mass is 9.71. The molecule has 0 aliphatic heterocycles. The molecule has 203 valence electrons. The summed E-state index contributed by atoms with van der Waals surface area (Å²) in [6.45, 7) is 3.24. The molecule has 1 aliphatic carbocycles. The summed E-state index contributed by atoms with van der Waals surface area (Å²) >= 11 is 0. The smallest absolute Gasteiger partial charge is 0.223 e. The number of aliphatic hydroxyl groups excluding tert-OH is 2. The average Bonchev–Trinajstić information content (AvgIpc) is 3.40. The molecule has 1 aliphatic rings. The van der Waals surface area contributed by atoms with Crippen LogP contribution in [0.4, 0.5) is 0 Å². The zero-order chi connectivity index (χ0) is 27.8. The van der Waals surface area contributed by atoms with Crippen molar-refractivity contribution in [2.75, 3.05) is 32.8 Å². The van der Waals surface area contributed by atoms with Crippen LogP contribution < -0.4 is 10.6 Å². The van der Waals surface area contributed by atoms with Gasteiger partial charge in [0.05, 0.1) is 23.5 Å². The Bertz CT molecular complexity index is 1280. The van der Waals surface area contributed by atoms with Gasteiger partial charge in [-0.15, -0.1) is 0 Å². The van der Waals surface area contributed by atoms with Crippen molar-refractivity contribution in [3.05, 3.63) is 77.9 Å².